The molecule has 2 aromatic carbocycles. The van der Waals surface area contributed by atoms with Gasteiger partial charge in [-0.1, -0.05) is 28.1 Å². The third kappa shape index (κ3) is 3.27. The minimum Gasteiger partial charge on any atom is -0.496 e. The van der Waals surface area contributed by atoms with Gasteiger partial charge in [0.2, 0.25) is 0 Å². The Kier molecular flexibility index (Phi) is 5.01. The summed E-state index contributed by atoms with van der Waals surface area (Å²) in [5.41, 5.74) is 3.77. The van der Waals surface area contributed by atoms with Crippen molar-refractivity contribution in [2.75, 3.05) is 14.2 Å². The van der Waals surface area contributed by atoms with Crippen LogP contribution in [0.1, 0.15) is 28.3 Å². The second kappa shape index (κ2) is 6.58. The highest BCUT2D eigenvalue weighted by Gasteiger charge is 2.22. The minimum absolute atomic E-state index is 0.245. The van der Waals surface area contributed by atoms with Crippen LogP contribution in [0.15, 0.2) is 34.8 Å². The van der Waals surface area contributed by atoms with E-state index in [4.69, 9.17) is 4.74 Å². The standard InChI is InChI=1S/C17H19BrFNO/c1-10-7-11(2)16(15(8-10)21-4)17(20-3)13-6-5-12(18)9-14(13)19/h5-9,17,20H,1-4H3. The van der Waals surface area contributed by atoms with E-state index in [-0.39, 0.29) is 11.9 Å². The van der Waals surface area contributed by atoms with Gasteiger partial charge in [0.05, 0.1) is 13.2 Å². The Morgan fingerprint density at radius 3 is 2.48 bits per heavy atom. The Morgan fingerprint density at radius 2 is 1.90 bits per heavy atom. The Hall–Kier alpha value is -1.39. The Bertz CT molecular complexity index is 657. The molecule has 0 aliphatic rings. The number of hydrogen-bond acceptors (Lipinski definition) is 2. The molecule has 0 aliphatic heterocycles. The zero-order valence-corrected chi connectivity index (χ0v) is 14.2. The molecular weight excluding hydrogens is 333 g/mol. The largest absolute Gasteiger partial charge is 0.496 e. The van der Waals surface area contributed by atoms with Gasteiger partial charge in [0.1, 0.15) is 11.6 Å². The van der Waals surface area contributed by atoms with Gasteiger partial charge in [-0.15, -0.1) is 0 Å². The van der Waals surface area contributed by atoms with Gasteiger partial charge < -0.3 is 10.1 Å². The van der Waals surface area contributed by atoms with Gasteiger partial charge in [-0.25, -0.2) is 4.39 Å². The lowest BCUT2D eigenvalue weighted by Crippen LogP contribution is -2.21. The van der Waals surface area contributed by atoms with Gasteiger partial charge in [-0.2, -0.15) is 0 Å². The van der Waals surface area contributed by atoms with Crippen molar-refractivity contribution >= 4 is 15.9 Å². The second-order valence-electron chi connectivity index (χ2n) is 5.09. The maximum absolute atomic E-state index is 14.3. The van der Waals surface area contributed by atoms with E-state index < -0.39 is 0 Å². The Labute approximate surface area is 133 Å². The fourth-order valence-electron chi connectivity index (χ4n) is 2.67. The van der Waals surface area contributed by atoms with Gasteiger partial charge in [-0.3, -0.25) is 0 Å². The van der Waals surface area contributed by atoms with Crippen LogP contribution in [0, 0.1) is 19.7 Å². The van der Waals surface area contributed by atoms with Crippen molar-refractivity contribution in [2.45, 2.75) is 19.9 Å². The summed E-state index contributed by atoms with van der Waals surface area (Å²) in [5, 5.41) is 3.19. The first-order valence-electron chi connectivity index (χ1n) is 6.75. The maximum atomic E-state index is 14.3. The SMILES string of the molecule is CNC(c1ccc(Br)cc1F)c1c(C)cc(C)cc1OC. The van der Waals surface area contributed by atoms with Gasteiger partial charge >= 0.3 is 0 Å². The lowest BCUT2D eigenvalue weighted by atomic mass is 9.92. The number of halogens is 2. The molecule has 1 unspecified atom stereocenters. The van der Waals surface area contributed by atoms with E-state index in [1.54, 1.807) is 13.2 Å². The van der Waals surface area contributed by atoms with Crippen LogP contribution < -0.4 is 10.1 Å². The minimum atomic E-state index is -0.256. The average molecular weight is 352 g/mol. The summed E-state index contributed by atoms with van der Waals surface area (Å²) in [6, 6.07) is 8.92. The summed E-state index contributed by atoms with van der Waals surface area (Å²) >= 11 is 3.29. The topological polar surface area (TPSA) is 21.3 Å². The molecule has 0 aromatic heterocycles. The molecule has 2 nitrogen and oxygen atoms in total. The fourth-order valence-corrected chi connectivity index (χ4v) is 3.00. The molecule has 4 heteroatoms. The molecule has 0 aliphatic carbocycles. The van der Waals surface area contributed by atoms with Crippen molar-refractivity contribution in [3.63, 3.8) is 0 Å². The molecule has 2 aromatic rings. The van der Waals surface area contributed by atoms with E-state index in [0.717, 1.165) is 26.9 Å². The zero-order chi connectivity index (χ0) is 15.6. The predicted molar refractivity (Wildman–Crippen MR) is 87.5 cm³/mol. The maximum Gasteiger partial charge on any atom is 0.129 e. The monoisotopic (exact) mass is 351 g/mol. The van der Waals surface area contributed by atoms with Gasteiger partial charge in [0.15, 0.2) is 0 Å². The Morgan fingerprint density at radius 1 is 1.19 bits per heavy atom. The van der Waals surface area contributed by atoms with Crippen LogP contribution in [0.3, 0.4) is 0 Å². The van der Waals surface area contributed by atoms with E-state index in [1.165, 1.54) is 6.07 Å². The molecule has 112 valence electrons. The molecular formula is C17H19BrFNO. The number of methoxy groups -OCH3 is 1. The molecule has 0 saturated heterocycles. The third-order valence-corrected chi connectivity index (χ3v) is 4.06. The average Bonchev–Trinajstić information content (AvgIpc) is 2.42. The van der Waals surface area contributed by atoms with Crippen molar-refractivity contribution in [3.8, 4) is 5.75 Å². The van der Waals surface area contributed by atoms with Crippen LogP contribution in [0.5, 0.6) is 5.75 Å². The molecule has 0 radical (unpaired) electrons. The molecule has 1 atom stereocenters. The Balaban J connectivity index is 2.61. The van der Waals surface area contributed by atoms with E-state index >= 15 is 0 Å². The number of nitrogens with one attached hydrogen (secondary N) is 1. The highest BCUT2D eigenvalue weighted by atomic mass is 79.9. The van der Waals surface area contributed by atoms with Crippen molar-refractivity contribution in [3.05, 3.63) is 62.9 Å². The highest BCUT2D eigenvalue weighted by molar-refractivity contribution is 9.10. The van der Waals surface area contributed by atoms with Gasteiger partial charge in [0.25, 0.3) is 0 Å². The van der Waals surface area contributed by atoms with E-state index in [1.807, 2.05) is 33.0 Å². The van der Waals surface area contributed by atoms with Crippen LogP contribution in [-0.4, -0.2) is 14.2 Å². The summed E-state index contributed by atoms with van der Waals surface area (Å²) in [6.07, 6.45) is 0. The van der Waals surface area contributed by atoms with Crippen molar-refractivity contribution < 1.29 is 9.13 Å². The molecule has 0 heterocycles. The number of ether oxygens (including phenoxy) is 1. The summed E-state index contributed by atoms with van der Waals surface area (Å²) < 4.78 is 20.5. The highest BCUT2D eigenvalue weighted by Crippen LogP contribution is 2.35. The van der Waals surface area contributed by atoms with Crippen LogP contribution in [0.4, 0.5) is 4.39 Å². The van der Waals surface area contributed by atoms with Crippen LogP contribution in [0.2, 0.25) is 0 Å². The van der Waals surface area contributed by atoms with Crippen LogP contribution >= 0.6 is 15.9 Å². The lowest BCUT2D eigenvalue weighted by molar-refractivity contribution is 0.403. The van der Waals surface area contributed by atoms with Crippen molar-refractivity contribution in [1.82, 2.24) is 5.32 Å². The van der Waals surface area contributed by atoms with Crippen LogP contribution in [0.25, 0.3) is 0 Å². The molecule has 21 heavy (non-hydrogen) atoms. The fraction of sp³-hybridized carbons (Fsp3) is 0.294. The number of hydrogen-bond donors (Lipinski definition) is 1. The first-order valence-corrected chi connectivity index (χ1v) is 7.54. The molecule has 0 amide bonds. The zero-order valence-electron chi connectivity index (χ0n) is 12.6. The molecule has 0 saturated carbocycles. The van der Waals surface area contributed by atoms with Gasteiger partial charge in [0, 0.05) is 15.6 Å². The van der Waals surface area contributed by atoms with Crippen molar-refractivity contribution in [2.24, 2.45) is 0 Å². The lowest BCUT2D eigenvalue weighted by Gasteiger charge is -2.23. The van der Waals surface area contributed by atoms with Gasteiger partial charge in [-0.05, 0) is 50.2 Å². The second-order valence-corrected chi connectivity index (χ2v) is 6.00. The number of rotatable bonds is 4. The van der Waals surface area contributed by atoms with E-state index in [9.17, 15) is 4.39 Å². The predicted octanol–water partition coefficient (Wildman–Crippen LogP) is 4.52. The molecule has 0 spiro atoms. The summed E-state index contributed by atoms with van der Waals surface area (Å²) in [6.45, 7) is 4.04. The quantitative estimate of drug-likeness (QED) is 0.873. The summed E-state index contributed by atoms with van der Waals surface area (Å²) in [5.74, 6) is 0.528. The van der Waals surface area contributed by atoms with Crippen molar-refractivity contribution in [1.29, 1.82) is 0 Å². The summed E-state index contributed by atoms with van der Waals surface area (Å²) in [7, 11) is 3.47. The summed E-state index contributed by atoms with van der Waals surface area (Å²) in [4.78, 5) is 0. The molecule has 1 N–H and O–H groups in total. The molecule has 2 rings (SSSR count). The van der Waals surface area contributed by atoms with E-state index in [2.05, 4.69) is 27.3 Å². The van der Waals surface area contributed by atoms with E-state index in [0.29, 0.717) is 5.56 Å². The third-order valence-electron chi connectivity index (χ3n) is 3.56. The molecule has 0 bridgehead atoms. The smallest absolute Gasteiger partial charge is 0.129 e. The first kappa shape index (κ1) is 16.0. The first-order chi connectivity index (χ1) is 9.97. The number of benzene rings is 2. The normalized spacial score (nSPS) is 12.3. The number of aryl methyl sites for hydroxylation is 2. The molecule has 0 fully saturated rings. The van der Waals surface area contributed by atoms with Crippen LogP contribution in [-0.2, 0) is 0 Å².